The quantitative estimate of drug-likeness (QED) is 0.365. The molecule has 10 heteroatoms. The number of halogens is 1. The number of methoxy groups -OCH3 is 1. The minimum absolute atomic E-state index is 0.0650. The molecule has 0 bridgehead atoms. The molecule has 176 valence electrons. The van der Waals surface area contributed by atoms with Gasteiger partial charge in [0.1, 0.15) is 18.9 Å². The summed E-state index contributed by atoms with van der Waals surface area (Å²) in [5.41, 5.74) is 1.13. The van der Waals surface area contributed by atoms with E-state index in [-0.39, 0.29) is 11.5 Å². The number of benzene rings is 2. The van der Waals surface area contributed by atoms with Gasteiger partial charge in [-0.3, -0.25) is 19.3 Å². The van der Waals surface area contributed by atoms with Crippen LogP contribution < -0.4 is 19.5 Å². The summed E-state index contributed by atoms with van der Waals surface area (Å²) in [6.45, 7) is 1.88. The maximum Gasteiger partial charge on any atom is 0.294 e. The molecule has 1 heterocycles. The molecule has 0 unspecified atom stereocenters. The zero-order valence-electron chi connectivity index (χ0n) is 18.4. The highest BCUT2D eigenvalue weighted by Gasteiger charge is 2.36. The molecular formula is C24H21BrN2O6S. The number of carbonyl (C=O) groups is 3. The number of imide groups is 1. The lowest BCUT2D eigenvalue weighted by Gasteiger charge is -2.13. The summed E-state index contributed by atoms with van der Waals surface area (Å²) in [5, 5.41) is 2.13. The van der Waals surface area contributed by atoms with Crippen LogP contribution in [-0.2, 0) is 9.59 Å². The average molecular weight is 545 g/mol. The fourth-order valence-electron chi connectivity index (χ4n) is 2.99. The van der Waals surface area contributed by atoms with Gasteiger partial charge in [0.2, 0.25) is 5.91 Å². The fourth-order valence-corrected chi connectivity index (χ4v) is 4.41. The maximum absolute atomic E-state index is 12.8. The standard InChI is InChI=1S/C24H21BrN2O6S/c1-4-10-33-22-18(25)11-15(12-19(22)32-5-2)13-20-23(29)27(24(30)34-20)14-21(28)26-16-6-8-17(31-3)9-7-16/h1,6-9,11-13H,5,10,14H2,2-3H3,(H,26,28)/b20-13-. The first kappa shape index (κ1) is 25.2. The van der Waals surface area contributed by atoms with Crippen LogP contribution in [0.1, 0.15) is 12.5 Å². The van der Waals surface area contributed by atoms with Crippen molar-refractivity contribution in [1.82, 2.24) is 4.90 Å². The van der Waals surface area contributed by atoms with Crippen LogP contribution in [0.4, 0.5) is 10.5 Å². The van der Waals surface area contributed by atoms with Gasteiger partial charge in [-0.2, -0.15) is 0 Å². The van der Waals surface area contributed by atoms with Crippen molar-refractivity contribution >= 4 is 56.5 Å². The molecule has 2 aromatic rings. The number of thioether (sulfide) groups is 1. The average Bonchev–Trinajstić information content (AvgIpc) is 3.06. The van der Waals surface area contributed by atoms with Crippen molar-refractivity contribution in [2.24, 2.45) is 0 Å². The van der Waals surface area contributed by atoms with Crippen molar-refractivity contribution < 1.29 is 28.6 Å². The Bertz CT molecular complexity index is 1170. The predicted molar refractivity (Wildman–Crippen MR) is 134 cm³/mol. The fraction of sp³-hybridized carbons (Fsp3) is 0.208. The number of hydrogen-bond donors (Lipinski definition) is 1. The zero-order chi connectivity index (χ0) is 24.7. The minimum Gasteiger partial charge on any atom is -0.497 e. The number of carbonyl (C=O) groups excluding carboxylic acids is 3. The lowest BCUT2D eigenvalue weighted by atomic mass is 10.2. The van der Waals surface area contributed by atoms with Crippen molar-refractivity contribution in [3.05, 3.63) is 51.3 Å². The van der Waals surface area contributed by atoms with Crippen LogP contribution >= 0.6 is 27.7 Å². The molecule has 0 aliphatic carbocycles. The first-order valence-corrected chi connectivity index (χ1v) is 11.7. The second-order valence-electron chi connectivity index (χ2n) is 6.80. The van der Waals surface area contributed by atoms with E-state index >= 15 is 0 Å². The van der Waals surface area contributed by atoms with Crippen LogP contribution in [0.5, 0.6) is 17.2 Å². The van der Waals surface area contributed by atoms with Crippen LogP contribution in [0.2, 0.25) is 0 Å². The summed E-state index contributed by atoms with van der Waals surface area (Å²) in [4.78, 5) is 38.7. The van der Waals surface area contributed by atoms with Crippen LogP contribution in [0.3, 0.4) is 0 Å². The van der Waals surface area contributed by atoms with Crippen LogP contribution in [-0.4, -0.2) is 48.8 Å². The molecule has 0 atom stereocenters. The monoisotopic (exact) mass is 544 g/mol. The van der Waals surface area contributed by atoms with Gasteiger partial charge < -0.3 is 19.5 Å². The largest absolute Gasteiger partial charge is 0.497 e. The van der Waals surface area contributed by atoms with Crippen molar-refractivity contribution in [2.75, 3.05) is 32.2 Å². The first-order valence-electron chi connectivity index (χ1n) is 10.1. The van der Waals surface area contributed by atoms with Crippen molar-refractivity contribution in [2.45, 2.75) is 6.92 Å². The van der Waals surface area contributed by atoms with E-state index in [1.54, 1.807) is 49.6 Å². The minimum atomic E-state index is -0.554. The third kappa shape index (κ3) is 6.12. The molecule has 0 aromatic heterocycles. The van der Waals surface area contributed by atoms with Crippen LogP contribution in [0.15, 0.2) is 45.8 Å². The summed E-state index contributed by atoms with van der Waals surface area (Å²) >= 11 is 4.19. The number of amides is 3. The lowest BCUT2D eigenvalue weighted by molar-refractivity contribution is -0.127. The molecule has 0 spiro atoms. The van der Waals surface area contributed by atoms with E-state index in [1.807, 2.05) is 6.92 Å². The van der Waals surface area contributed by atoms with E-state index in [0.717, 1.165) is 16.7 Å². The molecular weight excluding hydrogens is 524 g/mol. The van der Waals surface area contributed by atoms with Crippen molar-refractivity contribution in [3.63, 3.8) is 0 Å². The normalized spacial score (nSPS) is 14.2. The molecule has 2 aromatic carbocycles. The van der Waals surface area contributed by atoms with E-state index < -0.39 is 23.6 Å². The number of hydrogen-bond acceptors (Lipinski definition) is 7. The molecule has 3 amide bonds. The SMILES string of the molecule is C#CCOc1c(Br)cc(/C=C2\SC(=O)N(CC(=O)Nc3ccc(OC)cc3)C2=O)cc1OCC. The van der Waals surface area contributed by atoms with Crippen LogP contribution in [0, 0.1) is 12.3 Å². The molecule has 34 heavy (non-hydrogen) atoms. The molecule has 0 radical (unpaired) electrons. The Morgan fingerprint density at radius 2 is 1.97 bits per heavy atom. The summed E-state index contributed by atoms with van der Waals surface area (Å²) in [6.07, 6.45) is 6.83. The van der Waals surface area contributed by atoms with Gasteiger partial charge in [0, 0.05) is 5.69 Å². The van der Waals surface area contributed by atoms with E-state index in [0.29, 0.717) is 39.6 Å². The van der Waals surface area contributed by atoms with E-state index in [9.17, 15) is 14.4 Å². The second-order valence-corrected chi connectivity index (χ2v) is 8.65. The summed E-state index contributed by atoms with van der Waals surface area (Å²) < 4.78 is 16.8. The predicted octanol–water partition coefficient (Wildman–Crippen LogP) is 4.54. The zero-order valence-corrected chi connectivity index (χ0v) is 20.8. The number of terminal acetylenes is 1. The molecule has 1 aliphatic heterocycles. The highest BCUT2D eigenvalue weighted by atomic mass is 79.9. The molecule has 1 fully saturated rings. The second kappa shape index (κ2) is 11.6. The summed E-state index contributed by atoms with van der Waals surface area (Å²) in [7, 11) is 1.54. The van der Waals surface area contributed by atoms with E-state index in [2.05, 4.69) is 27.2 Å². The van der Waals surface area contributed by atoms with Gasteiger partial charge in [-0.15, -0.1) is 6.42 Å². The van der Waals surface area contributed by atoms with Gasteiger partial charge >= 0.3 is 0 Å². The Morgan fingerprint density at radius 3 is 2.62 bits per heavy atom. The number of nitrogens with one attached hydrogen (secondary N) is 1. The van der Waals surface area contributed by atoms with Gasteiger partial charge in [0.15, 0.2) is 11.5 Å². The number of rotatable bonds is 9. The van der Waals surface area contributed by atoms with Gasteiger partial charge in [0.05, 0.1) is 23.1 Å². The lowest BCUT2D eigenvalue weighted by Crippen LogP contribution is -2.36. The highest BCUT2D eigenvalue weighted by Crippen LogP contribution is 2.39. The van der Waals surface area contributed by atoms with E-state index in [1.165, 1.54) is 0 Å². The number of ether oxygens (including phenoxy) is 3. The molecule has 1 saturated heterocycles. The summed E-state index contributed by atoms with van der Waals surface area (Å²) in [6, 6.07) is 10.1. The van der Waals surface area contributed by atoms with Crippen molar-refractivity contribution in [1.29, 1.82) is 0 Å². The van der Waals surface area contributed by atoms with Gasteiger partial charge in [0.25, 0.3) is 11.1 Å². The van der Waals surface area contributed by atoms with Gasteiger partial charge in [-0.25, -0.2) is 0 Å². The number of anilines is 1. The Kier molecular flexibility index (Phi) is 8.62. The molecule has 8 nitrogen and oxygen atoms in total. The maximum atomic E-state index is 12.8. The van der Waals surface area contributed by atoms with E-state index in [4.69, 9.17) is 20.6 Å². The number of nitrogens with zero attached hydrogens (tertiary/aromatic N) is 1. The van der Waals surface area contributed by atoms with Crippen LogP contribution in [0.25, 0.3) is 6.08 Å². The Balaban J connectivity index is 1.74. The molecule has 0 saturated carbocycles. The Morgan fingerprint density at radius 1 is 1.24 bits per heavy atom. The summed E-state index contributed by atoms with van der Waals surface area (Å²) in [5.74, 6) is 2.88. The third-order valence-corrected chi connectivity index (χ3v) is 5.97. The Labute approximate surface area is 209 Å². The third-order valence-electron chi connectivity index (χ3n) is 4.48. The smallest absolute Gasteiger partial charge is 0.294 e. The van der Waals surface area contributed by atoms with Gasteiger partial charge in [-0.05, 0) is 82.7 Å². The van der Waals surface area contributed by atoms with Crippen molar-refractivity contribution in [3.8, 4) is 29.6 Å². The molecule has 1 N–H and O–H groups in total. The first-order chi connectivity index (χ1) is 16.4. The molecule has 3 rings (SSSR count). The highest BCUT2D eigenvalue weighted by molar-refractivity contribution is 9.10. The van der Waals surface area contributed by atoms with Gasteiger partial charge in [-0.1, -0.05) is 5.92 Å². The molecule has 1 aliphatic rings. The Hall–Kier alpha value is -3.42. The topological polar surface area (TPSA) is 94.2 Å².